The van der Waals surface area contributed by atoms with Crippen molar-refractivity contribution in [3.63, 3.8) is 0 Å². The minimum Gasteiger partial charge on any atom is -0.489 e. The summed E-state index contributed by atoms with van der Waals surface area (Å²) in [4.78, 5) is 0. The lowest BCUT2D eigenvalue weighted by molar-refractivity contribution is 0.195. The Kier molecular flexibility index (Phi) is 6.98. The fourth-order valence-corrected chi connectivity index (χ4v) is 1.83. The third-order valence-electron chi connectivity index (χ3n) is 2.96. The molecule has 2 heteroatoms. The van der Waals surface area contributed by atoms with E-state index in [0.717, 1.165) is 24.2 Å². The molecule has 0 fully saturated rings. The number of hydrogen-bond acceptors (Lipinski definition) is 2. The maximum atomic E-state index is 9.32. The second kappa shape index (κ2) is 8.54. The Balaban J connectivity index is 2.46. The predicted octanol–water partition coefficient (Wildman–Crippen LogP) is 3.90. The third-order valence-corrected chi connectivity index (χ3v) is 2.96. The normalized spacial score (nSPS) is 13.1. The number of hydrogen-bond donors (Lipinski definition) is 1. The smallest absolute Gasteiger partial charge is 0.119 e. The van der Waals surface area contributed by atoms with E-state index in [1.54, 1.807) is 6.92 Å². The summed E-state index contributed by atoms with van der Waals surface area (Å²) in [5.41, 5.74) is 2.41. The first-order chi connectivity index (χ1) is 9.15. The molecule has 0 saturated heterocycles. The molecule has 1 rings (SSSR count). The summed E-state index contributed by atoms with van der Waals surface area (Å²) in [6.07, 6.45) is 6.39. The number of ether oxygens (including phenoxy) is 1. The number of allylic oxidation sites excluding steroid dienone is 2. The molecule has 1 aromatic rings. The zero-order valence-electron chi connectivity index (χ0n) is 11.9. The molecule has 1 atom stereocenters. The van der Waals surface area contributed by atoms with Crippen LogP contribution in [0.5, 0.6) is 5.75 Å². The van der Waals surface area contributed by atoms with Gasteiger partial charge in [0.15, 0.2) is 0 Å². The van der Waals surface area contributed by atoms with Crippen LogP contribution in [0.4, 0.5) is 0 Å². The summed E-state index contributed by atoms with van der Waals surface area (Å²) in [5, 5.41) is 9.32. The van der Waals surface area contributed by atoms with Crippen LogP contribution in [-0.4, -0.2) is 17.8 Å². The number of benzene rings is 1. The Morgan fingerprint density at radius 3 is 2.58 bits per heavy atom. The number of aliphatic hydroxyl groups is 1. The van der Waals surface area contributed by atoms with Crippen molar-refractivity contribution in [2.75, 3.05) is 6.61 Å². The summed E-state index contributed by atoms with van der Waals surface area (Å²) >= 11 is 0. The molecule has 0 saturated carbocycles. The first-order valence-corrected chi connectivity index (χ1v) is 6.80. The van der Waals surface area contributed by atoms with Gasteiger partial charge in [0.1, 0.15) is 12.4 Å². The molecule has 0 bridgehead atoms. The van der Waals surface area contributed by atoms with E-state index in [1.807, 2.05) is 37.3 Å². The van der Waals surface area contributed by atoms with Crippen LogP contribution in [0.1, 0.15) is 32.3 Å². The van der Waals surface area contributed by atoms with Crippen molar-refractivity contribution in [2.45, 2.75) is 39.2 Å². The molecule has 1 aromatic carbocycles. The fourth-order valence-electron chi connectivity index (χ4n) is 1.83. The molecule has 19 heavy (non-hydrogen) atoms. The van der Waals surface area contributed by atoms with Gasteiger partial charge in [-0.15, -0.1) is 6.58 Å². The van der Waals surface area contributed by atoms with Gasteiger partial charge < -0.3 is 9.84 Å². The molecule has 0 aromatic heterocycles. The molecule has 0 amide bonds. The Morgan fingerprint density at radius 1 is 1.37 bits per heavy atom. The second-order valence-corrected chi connectivity index (χ2v) is 4.76. The van der Waals surface area contributed by atoms with Crippen molar-refractivity contribution < 1.29 is 9.84 Å². The highest BCUT2D eigenvalue weighted by atomic mass is 16.5. The van der Waals surface area contributed by atoms with Crippen molar-refractivity contribution in [2.24, 2.45) is 0 Å². The van der Waals surface area contributed by atoms with Crippen LogP contribution in [-0.2, 0) is 6.42 Å². The molecule has 1 N–H and O–H groups in total. The van der Waals surface area contributed by atoms with Crippen molar-refractivity contribution in [3.05, 3.63) is 54.1 Å². The Hall–Kier alpha value is -1.54. The Morgan fingerprint density at radius 2 is 2.05 bits per heavy atom. The van der Waals surface area contributed by atoms with Gasteiger partial charge in [0.25, 0.3) is 0 Å². The minimum atomic E-state index is -0.305. The lowest BCUT2D eigenvalue weighted by Gasteiger charge is -2.10. The fraction of sp³-hybridized carbons (Fsp3) is 0.412. The van der Waals surface area contributed by atoms with E-state index in [1.165, 1.54) is 5.57 Å². The average Bonchev–Trinajstić information content (AvgIpc) is 2.40. The van der Waals surface area contributed by atoms with Crippen molar-refractivity contribution in [1.82, 2.24) is 0 Å². The summed E-state index contributed by atoms with van der Waals surface area (Å²) in [7, 11) is 0. The molecule has 0 radical (unpaired) electrons. The molecule has 0 aliphatic rings. The highest BCUT2D eigenvalue weighted by Crippen LogP contribution is 2.15. The Labute approximate surface area is 116 Å². The van der Waals surface area contributed by atoms with E-state index in [-0.39, 0.29) is 6.10 Å². The van der Waals surface area contributed by atoms with Gasteiger partial charge in [0.05, 0.1) is 6.10 Å². The van der Waals surface area contributed by atoms with E-state index in [0.29, 0.717) is 13.0 Å². The zero-order chi connectivity index (χ0) is 14.1. The number of rotatable bonds is 8. The molecule has 0 aliphatic carbocycles. The van der Waals surface area contributed by atoms with Crippen molar-refractivity contribution in [1.29, 1.82) is 0 Å². The third kappa shape index (κ3) is 6.25. The van der Waals surface area contributed by atoms with Crippen molar-refractivity contribution >= 4 is 0 Å². The first-order valence-electron chi connectivity index (χ1n) is 6.80. The molecular weight excluding hydrogens is 236 g/mol. The minimum absolute atomic E-state index is 0.305. The second-order valence-electron chi connectivity index (χ2n) is 4.76. The summed E-state index contributed by atoms with van der Waals surface area (Å²) in [6, 6.07) is 7.92. The maximum absolute atomic E-state index is 9.32. The average molecular weight is 260 g/mol. The largest absolute Gasteiger partial charge is 0.489 e. The van der Waals surface area contributed by atoms with E-state index < -0.39 is 0 Å². The van der Waals surface area contributed by atoms with Gasteiger partial charge in [-0.05, 0) is 56.4 Å². The zero-order valence-corrected chi connectivity index (χ0v) is 11.9. The highest BCUT2D eigenvalue weighted by molar-refractivity contribution is 5.28. The Bertz CT molecular complexity index is 402. The van der Waals surface area contributed by atoms with Crippen molar-refractivity contribution in [3.8, 4) is 5.75 Å². The summed E-state index contributed by atoms with van der Waals surface area (Å²) in [5.74, 6) is 0.868. The molecule has 104 valence electrons. The first kappa shape index (κ1) is 15.5. The molecule has 0 heterocycles. The maximum Gasteiger partial charge on any atom is 0.119 e. The van der Waals surface area contributed by atoms with Crippen LogP contribution >= 0.6 is 0 Å². The molecule has 0 spiro atoms. The van der Waals surface area contributed by atoms with Crippen LogP contribution in [0.2, 0.25) is 0 Å². The van der Waals surface area contributed by atoms with Gasteiger partial charge in [-0.2, -0.15) is 0 Å². The van der Waals surface area contributed by atoms with Crippen LogP contribution < -0.4 is 4.74 Å². The quantitative estimate of drug-likeness (QED) is 0.718. The highest BCUT2D eigenvalue weighted by Gasteiger charge is 2.01. The number of aliphatic hydroxyl groups excluding tert-OH is 1. The topological polar surface area (TPSA) is 29.5 Å². The van der Waals surface area contributed by atoms with Gasteiger partial charge in [-0.1, -0.05) is 24.3 Å². The molecular formula is C17H24O2. The lowest BCUT2D eigenvalue weighted by Crippen LogP contribution is -2.04. The summed E-state index contributed by atoms with van der Waals surface area (Å²) < 4.78 is 5.75. The van der Waals surface area contributed by atoms with E-state index >= 15 is 0 Å². The predicted molar refractivity (Wildman–Crippen MR) is 80.5 cm³/mol. The van der Waals surface area contributed by atoms with E-state index in [2.05, 4.69) is 12.7 Å². The lowest BCUT2D eigenvalue weighted by atomic mass is 10.1. The van der Waals surface area contributed by atoms with Gasteiger partial charge in [-0.25, -0.2) is 0 Å². The molecule has 0 aliphatic heterocycles. The van der Waals surface area contributed by atoms with Crippen LogP contribution in [0, 0.1) is 0 Å². The monoisotopic (exact) mass is 260 g/mol. The van der Waals surface area contributed by atoms with E-state index in [4.69, 9.17) is 4.74 Å². The van der Waals surface area contributed by atoms with E-state index in [9.17, 15) is 5.11 Å². The van der Waals surface area contributed by atoms with Gasteiger partial charge in [0, 0.05) is 0 Å². The van der Waals surface area contributed by atoms with Gasteiger partial charge in [-0.3, -0.25) is 0 Å². The molecule has 2 nitrogen and oxygen atoms in total. The van der Waals surface area contributed by atoms with Crippen LogP contribution in [0.3, 0.4) is 0 Å². The summed E-state index contributed by atoms with van der Waals surface area (Å²) in [6.45, 7) is 8.18. The molecule has 1 unspecified atom stereocenters. The van der Waals surface area contributed by atoms with Gasteiger partial charge >= 0.3 is 0 Å². The van der Waals surface area contributed by atoms with Crippen LogP contribution in [0.25, 0.3) is 0 Å². The SMILES string of the molecule is C=CCC/C(=C\C)COc1ccc(CC(C)O)cc1. The van der Waals surface area contributed by atoms with Crippen LogP contribution in [0.15, 0.2) is 48.6 Å². The standard InChI is InChI=1S/C17H24O2/c1-4-6-7-15(5-2)13-19-17-10-8-16(9-11-17)12-14(3)18/h4-5,8-11,14,18H,1,6-7,12-13H2,2-3H3/b15-5+. The van der Waals surface area contributed by atoms with Gasteiger partial charge in [0.2, 0.25) is 0 Å².